The van der Waals surface area contributed by atoms with Crippen LogP contribution in [-0.2, 0) is 6.54 Å². The van der Waals surface area contributed by atoms with Crippen molar-refractivity contribution >= 4 is 27.7 Å². The summed E-state index contributed by atoms with van der Waals surface area (Å²) in [6.07, 6.45) is 1.24. The van der Waals surface area contributed by atoms with E-state index in [0.29, 0.717) is 6.04 Å². The Balaban J connectivity index is 2.26. The fourth-order valence-corrected chi connectivity index (χ4v) is 2.67. The van der Waals surface area contributed by atoms with Crippen LogP contribution in [0.5, 0.6) is 0 Å². The molecule has 90 valence electrons. The smallest absolute Gasteiger partial charge is 0.0220 e. The first-order chi connectivity index (χ1) is 7.74. The fraction of sp³-hybridized carbons (Fsp3) is 0.538. The second-order valence-corrected chi connectivity index (χ2v) is 6.11. The predicted molar refractivity (Wildman–Crippen MR) is 78.1 cm³/mol. The molecule has 0 amide bonds. The van der Waals surface area contributed by atoms with E-state index < -0.39 is 0 Å². The first-order valence-electron chi connectivity index (χ1n) is 5.78. The van der Waals surface area contributed by atoms with E-state index in [2.05, 4.69) is 59.4 Å². The van der Waals surface area contributed by atoms with Crippen LogP contribution in [0, 0.1) is 0 Å². The highest BCUT2D eigenvalue weighted by Crippen LogP contribution is 2.15. The maximum Gasteiger partial charge on any atom is 0.0220 e. The van der Waals surface area contributed by atoms with E-state index in [1.165, 1.54) is 28.0 Å². The molecule has 1 nitrogen and oxygen atoms in total. The first kappa shape index (κ1) is 14.1. The number of halogens is 1. The maximum atomic E-state index is 3.57. The molecule has 0 saturated heterocycles. The lowest BCUT2D eigenvalue weighted by Gasteiger charge is -2.14. The molecule has 1 unspecified atom stereocenters. The molecule has 0 aromatic heterocycles. The van der Waals surface area contributed by atoms with Gasteiger partial charge in [-0.15, -0.1) is 0 Å². The summed E-state index contributed by atoms with van der Waals surface area (Å²) < 4.78 is 1.19. The molecule has 1 atom stereocenters. The topological polar surface area (TPSA) is 12.0 Å². The van der Waals surface area contributed by atoms with Crippen LogP contribution in [0.3, 0.4) is 0 Å². The summed E-state index contributed by atoms with van der Waals surface area (Å²) in [4.78, 5) is 0. The highest BCUT2D eigenvalue weighted by atomic mass is 79.9. The Bertz CT molecular complexity index is 304. The van der Waals surface area contributed by atoms with Gasteiger partial charge in [-0.3, -0.25) is 0 Å². The third-order valence-electron chi connectivity index (χ3n) is 2.50. The second-order valence-electron chi connectivity index (χ2n) is 3.86. The van der Waals surface area contributed by atoms with E-state index in [9.17, 15) is 0 Å². The van der Waals surface area contributed by atoms with Gasteiger partial charge in [0, 0.05) is 17.1 Å². The monoisotopic (exact) mass is 301 g/mol. The van der Waals surface area contributed by atoms with Crippen LogP contribution >= 0.6 is 27.7 Å². The normalized spacial score (nSPS) is 12.7. The van der Waals surface area contributed by atoms with Gasteiger partial charge < -0.3 is 5.32 Å². The van der Waals surface area contributed by atoms with E-state index in [1.807, 2.05) is 11.8 Å². The van der Waals surface area contributed by atoms with Gasteiger partial charge in [0.25, 0.3) is 0 Å². The van der Waals surface area contributed by atoms with Crippen molar-refractivity contribution in [3.8, 4) is 0 Å². The molecule has 1 N–H and O–H groups in total. The van der Waals surface area contributed by atoms with Gasteiger partial charge >= 0.3 is 0 Å². The Hall–Kier alpha value is 0.01000. The minimum atomic E-state index is 0.589. The van der Waals surface area contributed by atoms with Gasteiger partial charge in [0.15, 0.2) is 0 Å². The minimum absolute atomic E-state index is 0.589. The van der Waals surface area contributed by atoms with Crippen molar-refractivity contribution < 1.29 is 0 Å². The molecule has 1 aromatic rings. The Kier molecular flexibility index (Phi) is 7.17. The van der Waals surface area contributed by atoms with Crippen LogP contribution in [0.25, 0.3) is 0 Å². The van der Waals surface area contributed by atoms with Crippen molar-refractivity contribution in [3.63, 3.8) is 0 Å². The summed E-state index contributed by atoms with van der Waals surface area (Å²) >= 11 is 5.58. The zero-order chi connectivity index (χ0) is 11.8. The number of hydrogen-bond donors (Lipinski definition) is 1. The number of benzene rings is 1. The fourth-order valence-electron chi connectivity index (χ4n) is 1.43. The lowest BCUT2D eigenvalue weighted by molar-refractivity contribution is 0.537. The van der Waals surface area contributed by atoms with E-state index in [4.69, 9.17) is 0 Å². The summed E-state index contributed by atoms with van der Waals surface area (Å²) in [5, 5.41) is 3.56. The lowest BCUT2D eigenvalue weighted by Crippen LogP contribution is -2.26. The van der Waals surface area contributed by atoms with Crippen LogP contribution in [-0.4, -0.2) is 17.5 Å². The van der Waals surface area contributed by atoms with E-state index in [0.717, 1.165) is 6.54 Å². The van der Waals surface area contributed by atoms with Crippen LogP contribution in [0.4, 0.5) is 0 Å². The average molecular weight is 302 g/mol. The molecule has 0 fully saturated rings. The van der Waals surface area contributed by atoms with Crippen molar-refractivity contribution in [3.05, 3.63) is 34.3 Å². The molecule has 3 heteroatoms. The van der Waals surface area contributed by atoms with Crippen molar-refractivity contribution in [2.75, 3.05) is 11.5 Å². The number of hydrogen-bond acceptors (Lipinski definition) is 2. The van der Waals surface area contributed by atoms with E-state index in [-0.39, 0.29) is 0 Å². The van der Waals surface area contributed by atoms with Crippen LogP contribution in [0.15, 0.2) is 28.7 Å². The summed E-state index contributed by atoms with van der Waals surface area (Å²) in [5.41, 5.74) is 1.33. The molecule has 16 heavy (non-hydrogen) atoms. The van der Waals surface area contributed by atoms with Gasteiger partial charge in [-0.25, -0.2) is 0 Å². The molecule has 0 saturated carbocycles. The van der Waals surface area contributed by atoms with Gasteiger partial charge in [0.05, 0.1) is 0 Å². The molecule has 0 spiro atoms. The molecule has 0 aliphatic heterocycles. The highest BCUT2D eigenvalue weighted by molar-refractivity contribution is 9.10. The summed E-state index contributed by atoms with van der Waals surface area (Å²) in [7, 11) is 0. The van der Waals surface area contributed by atoms with Crippen molar-refractivity contribution in [1.29, 1.82) is 0 Å². The summed E-state index contributed by atoms with van der Waals surface area (Å²) in [6, 6.07) is 8.97. The van der Waals surface area contributed by atoms with E-state index >= 15 is 0 Å². The summed E-state index contributed by atoms with van der Waals surface area (Å²) in [5.74, 6) is 2.47. The van der Waals surface area contributed by atoms with E-state index in [1.54, 1.807) is 0 Å². The molecule has 0 bridgehead atoms. The largest absolute Gasteiger partial charge is 0.310 e. The first-order valence-corrected chi connectivity index (χ1v) is 7.73. The Labute approximate surface area is 112 Å². The molecule has 0 radical (unpaired) electrons. The Morgan fingerprint density at radius 3 is 2.81 bits per heavy atom. The molecule has 0 aliphatic rings. The van der Waals surface area contributed by atoms with Crippen LogP contribution in [0.2, 0.25) is 0 Å². The average Bonchev–Trinajstić information content (AvgIpc) is 2.28. The number of thioether (sulfide) groups is 1. The quantitative estimate of drug-likeness (QED) is 0.762. The van der Waals surface area contributed by atoms with Crippen molar-refractivity contribution in [1.82, 2.24) is 5.32 Å². The highest BCUT2D eigenvalue weighted by Gasteiger charge is 2.03. The molecule has 0 heterocycles. The summed E-state index contributed by atoms with van der Waals surface area (Å²) in [6.45, 7) is 5.41. The van der Waals surface area contributed by atoms with Gasteiger partial charge in [0.2, 0.25) is 0 Å². The zero-order valence-electron chi connectivity index (χ0n) is 10.0. The van der Waals surface area contributed by atoms with Gasteiger partial charge in [-0.1, -0.05) is 41.1 Å². The third kappa shape index (κ3) is 5.37. The number of rotatable bonds is 7. The third-order valence-corrected chi connectivity index (χ3v) is 4.20. The molecule has 1 aromatic carbocycles. The van der Waals surface area contributed by atoms with Crippen LogP contribution < -0.4 is 5.32 Å². The van der Waals surface area contributed by atoms with Gasteiger partial charge in [-0.2, -0.15) is 11.8 Å². The van der Waals surface area contributed by atoms with Gasteiger partial charge in [-0.05, 0) is 36.5 Å². The van der Waals surface area contributed by atoms with Crippen molar-refractivity contribution in [2.24, 2.45) is 0 Å². The Morgan fingerprint density at radius 1 is 1.38 bits per heavy atom. The molecule has 1 rings (SSSR count). The van der Waals surface area contributed by atoms with Crippen molar-refractivity contribution in [2.45, 2.75) is 32.9 Å². The van der Waals surface area contributed by atoms with Crippen LogP contribution in [0.1, 0.15) is 25.8 Å². The lowest BCUT2D eigenvalue weighted by atomic mass is 10.2. The molecule has 0 aliphatic carbocycles. The number of nitrogens with one attached hydrogen (secondary N) is 1. The molecular formula is C13H20BrNS. The zero-order valence-corrected chi connectivity index (χ0v) is 12.4. The minimum Gasteiger partial charge on any atom is -0.310 e. The SMILES string of the molecule is CCSCCC(C)NCc1ccccc1Br. The second kappa shape index (κ2) is 8.15. The standard InChI is InChI=1S/C13H20BrNS/c1-3-16-9-8-11(2)15-10-12-6-4-5-7-13(12)14/h4-7,11,15H,3,8-10H2,1-2H3. The van der Waals surface area contributed by atoms with Gasteiger partial charge in [0.1, 0.15) is 0 Å². The Morgan fingerprint density at radius 2 is 2.12 bits per heavy atom. The maximum absolute atomic E-state index is 3.57. The predicted octanol–water partition coefficient (Wildman–Crippen LogP) is 4.07. The molecular weight excluding hydrogens is 282 g/mol.